The van der Waals surface area contributed by atoms with E-state index in [0.717, 1.165) is 40.8 Å². The third-order valence-corrected chi connectivity index (χ3v) is 4.23. The fourth-order valence-electron chi connectivity index (χ4n) is 3.00. The maximum atomic E-state index is 12.3. The molecule has 26 heavy (non-hydrogen) atoms. The number of hydrogen-bond donors (Lipinski definition) is 0. The summed E-state index contributed by atoms with van der Waals surface area (Å²) in [5, 5.41) is 0.991. The highest BCUT2D eigenvalue weighted by Gasteiger charge is 2.23. The molecule has 0 radical (unpaired) electrons. The third-order valence-electron chi connectivity index (χ3n) is 4.23. The number of methoxy groups -OCH3 is 1. The summed E-state index contributed by atoms with van der Waals surface area (Å²) in [6.07, 6.45) is 5.11. The van der Waals surface area contributed by atoms with E-state index in [4.69, 9.17) is 9.47 Å². The van der Waals surface area contributed by atoms with E-state index in [1.54, 1.807) is 18.3 Å². The van der Waals surface area contributed by atoms with Gasteiger partial charge in [-0.25, -0.2) is 14.8 Å². The van der Waals surface area contributed by atoms with Crippen LogP contribution in [0.2, 0.25) is 0 Å². The van der Waals surface area contributed by atoms with E-state index in [1.165, 1.54) is 0 Å². The molecule has 0 saturated carbocycles. The number of benzene rings is 1. The van der Waals surface area contributed by atoms with Crippen molar-refractivity contribution in [1.82, 2.24) is 14.9 Å². The first-order chi connectivity index (χ1) is 12.4. The molecule has 0 unspecified atom stereocenters. The topological polar surface area (TPSA) is 64.5 Å². The summed E-state index contributed by atoms with van der Waals surface area (Å²) in [7, 11) is 1.64. The van der Waals surface area contributed by atoms with Gasteiger partial charge in [0.15, 0.2) is 0 Å². The summed E-state index contributed by atoms with van der Waals surface area (Å²) in [5.41, 5.74) is 2.42. The minimum absolute atomic E-state index is 0.271. The van der Waals surface area contributed by atoms with Crippen LogP contribution in [0.1, 0.15) is 39.3 Å². The van der Waals surface area contributed by atoms with Gasteiger partial charge in [0.05, 0.1) is 18.3 Å². The van der Waals surface area contributed by atoms with Gasteiger partial charge < -0.3 is 14.4 Å². The van der Waals surface area contributed by atoms with E-state index in [0.29, 0.717) is 13.1 Å². The lowest BCUT2D eigenvalue weighted by atomic mass is 10.0. The molecule has 0 saturated heterocycles. The number of hydrogen-bond acceptors (Lipinski definition) is 5. The van der Waals surface area contributed by atoms with E-state index >= 15 is 0 Å². The molecule has 138 valence electrons. The molecule has 1 aliphatic heterocycles. The van der Waals surface area contributed by atoms with Gasteiger partial charge in [-0.1, -0.05) is 6.08 Å². The Hall–Kier alpha value is -2.63. The molecule has 0 N–H and O–H groups in total. The van der Waals surface area contributed by atoms with Crippen LogP contribution in [0.3, 0.4) is 0 Å². The number of rotatable bonds is 2. The second-order valence-electron chi connectivity index (χ2n) is 7.36. The van der Waals surface area contributed by atoms with Crippen molar-refractivity contribution >= 4 is 22.6 Å². The van der Waals surface area contributed by atoms with Crippen molar-refractivity contribution in [1.29, 1.82) is 0 Å². The Labute approximate surface area is 153 Å². The van der Waals surface area contributed by atoms with E-state index < -0.39 is 5.60 Å². The second kappa shape index (κ2) is 7.32. The van der Waals surface area contributed by atoms with Crippen molar-refractivity contribution in [2.45, 2.75) is 39.2 Å². The number of ether oxygens (including phenoxy) is 2. The highest BCUT2D eigenvalue weighted by molar-refractivity contribution is 5.90. The number of nitrogens with zero attached hydrogens (tertiary/aromatic N) is 3. The zero-order valence-electron chi connectivity index (χ0n) is 15.8. The molecule has 1 aliphatic rings. The fraction of sp³-hybridized carbons (Fsp3) is 0.450. The molecule has 1 aromatic carbocycles. The predicted octanol–water partition coefficient (Wildman–Crippen LogP) is 4.05. The monoisotopic (exact) mass is 355 g/mol. The molecule has 0 atom stereocenters. The minimum Gasteiger partial charge on any atom is -0.497 e. The zero-order chi connectivity index (χ0) is 18.7. The van der Waals surface area contributed by atoms with Crippen molar-refractivity contribution in [3.8, 4) is 5.75 Å². The quantitative estimate of drug-likeness (QED) is 0.813. The van der Waals surface area contributed by atoms with Crippen molar-refractivity contribution in [3.05, 3.63) is 36.3 Å². The molecule has 6 nitrogen and oxygen atoms in total. The van der Waals surface area contributed by atoms with Gasteiger partial charge in [-0.3, -0.25) is 0 Å². The zero-order valence-corrected chi connectivity index (χ0v) is 15.8. The van der Waals surface area contributed by atoms with Gasteiger partial charge in [0.25, 0.3) is 0 Å². The number of aromatic nitrogens is 2. The maximum absolute atomic E-state index is 12.3. The molecule has 2 aromatic rings. The summed E-state index contributed by atoms with van der Waals surface area (Å²) in [5.74, 6) is 0.771. The minimum atomic E-state index is -0.488. The van der Waals surface area contributed by atoms with Gasteiger partial charge >= 0.3 is 6.09 Å². The second-order valence-corrected chi connectivity index (χ2v) is 7.36. The lowest BCUT2D eigenvalue weighted by Crippen LogP contribution is -2.37. The summed E-state index contributed by atoms with van der Waals surface area (Å²) in [6, 6.07) is 5.81. The van der Waals surface area contributed by atoms with E-state index in [1.807, 2.05) is 39.0 Å². The Bertz CT molecular complexity index is 840. The number of allylic oxidation sites excluding steroid dienone is 1. The van der Waals surface area contributed by atoms with Crippen LogP contribution in [0.5, 0.6) is 5.75 Å². The van der Waals surface area contributed by atoms with Crippen LogP contribution >= 0.6 is 0 Å². The number of carbonyl (C=O) groups excluding carboxylic acids is 1. The van der Waals surface area contributed by atoms with Crippen LogP contribution < -0.4 is 4.74 Å². The lowest BCUT2D eigenvalue weighted by Gasteiger charge is -2.25. The fourth-order valence-corrected chi connectivity index (χ4v) is 3.00. The SMILES string of the molecule is COc1ccc2c(C3=CCN(C(=O)OC(C)(C)C)CCC3)ncnc2c1. The van der Waals surface area contributed by atoms with Gasteiger partial charge in [0, 0.05) is 24.5 Å². The Morgan fingerprint density at radius 2 is 2.04 bits per heavy atom. The summed E-state index contributed by atoms with van der Waals surface area (Å²) in [4.78, 5) is 22.9. The first kappa shape index (κ1) is 18.2. The van der Waals surface area contributed by atoms with Crippen LogP contribution in [0.4, 0.5) is 4.79 Å². The van der Waals surface area contributed by atoms with E-state index in [2.05, 4.69) is 16.0 Å². The van der Waals surface area contributed by atoms with Gasteiger partial charge in [-0.15, -0.1) is 0 Å². The van der Waals surface area contributed by atoms with E-state index in [-0.39, 0.29) is 6.09 Å². The third kappa shape index (κ3) is 4.12. The normalized spacial score (nSPS) is 15.4. The predicted molar refractivity (Wildman–Crippen MR) is 101 cm³/mol. The van der Waals surface area contributed by atoms with Crippen LogP contribution in [0, 0.1) is 0 Å². The molecule has 0 spiro atoms. The number of fused-ring (bicyclic) bond motifs is 1. The van der Waals surface area contributed by atoms with Gasteiger partial charge in [0.1, 0.15) is 17.7 Å². The Balaban J connectivity index is 1.86. The molecule has 0 bridgehead atoms. The van der Waals surface area contributed by atoms with E-state index in [9.17, 15) is 4.79 Å². The van der Waals surface area contributed by atoms with Crippen molar-refractivity contribution < 1.29 is 14.3 Å². The summed E-state index contributed by atoms with van der Waals surface area (Å²) >= 11 is 0. The van der Waals surface area contributed by atoms with Gasteiger partial charge in [-0.2, -0.15) is 0 Å². The molecule has 1 amide bonds. The standard InChI is InChI=1S/C20H25N3O3/c1-20(2,3)26-19(24)23-10-5-6-14(9-11-23)18-16-8-7-15(25-4)12-17(16)21-13-22-18/h7-9,12-13H,5-6,10-11H2,1-4H3. The number of amides is 1. The maximum Gasteiger partial charge on any atom is 0.410 e. The van der Waals surface area contributed by atoms with Crippen molar-refractivity contribution in [3.63, 3.8) is 0 Å². The Kier molecular flexibility index (Phi) is 5.11. The molecular weight excluding hydrogens is 330 g/mol. The van der Waals surface area contributed by atoms with Crippen LogP contribution in [-0.4, -0.2) is 46.8 Å². The smallest absolute Gasteiger partial charge is 0.410 e. The summed E-state index contributed by atoms with van der Waals surface area (Å²) < 4.78 is 10.8. The van der Waals surface area contributed by atoms with Crippen LogP contribution in [-0.2, 0) is 4.74 Å². The number of carbonyl (C=O) groups is 1. The first-order valence-electron chi connectivity index (χ1n) is 8.83. The highest BCUT2D eigenvalue weighted by atomic mass is 16.6. The first-order valence-corrected chi connectivity index (χ1v) is 8.83. The average molecular weight is 355 g/mol. The molecule has 0 fully saturated rings. The molecular formula is C20H25N3O3. The van der Waals surface area contributed by atoms with Crippen molar-refractivity contribution in [2.75, 3.05) is 20.2 Å². The van der Waals surface area contributed by atoms with Crippen LogP contribution in [0.25, 0.3) is 16.5 Å². The van der Waals surface area contributed by atoms with Gasteiger partial charge in [-0.05, 0) is 51.3 Å². The average Bonchev–Trinajstić information content (AvgIpc) is 2.85. The van der Waals surface area contributed by atoms with Crippen LogP contribution in [0.15, 0.2) is 30.6 Å². The summed E-state index contributed by atoms with van der Waals surface area (Å²) in [6.45, 7) is 6.83. The lowest BCUT2D eigenvalue weighted by molar-refractivity contribution is 0.0273. The highest BCUT2D eigenvalue weighted by Crippen LogP contribution is 2.29. The molecule has 1 aromatic heterocycles. The molecule has 0 aliphatic carbocycles. The molecule has 6 heteroatoms. The molecule has 3 rings (SSSR count). The Morgan fingerprint density at radius 3 is 2.77 bits per heavy atom. The Morgan fingerprint density at radius 1 is 1.23 bits per heavy atom. The van der Waals surface area contributed by atoms with Crippen molar-refractivity contribution in [2.24, 2.45) is 0 Å². The largest absolute Gasteiger partial charge is 0.497 e. The molecule has 2 heterocycles. The van der Waals surface area contributed by atoms with Gasteiger partial charge in [0.2, 0.25) is 0 Å².